The highest BCUT2D eigenvalue weighted by molar-refractivity contribution is 5.05. The predicted octanol–water partition coefficient (Wildman–Crippen LogP) is 0.559. The lowest BCUT2D eigenvalue weighted by atomic mass is 10.3. The van der Waals surface area contributed by atoms with Crippen molar-refractivity contribution in [3.05, 3.63) is 29.8 Å². The van der Waals surface area contributed by atoms with Crippen molar-refractivity contribution >= 4 is 0 Å². The molecule has 6 nitrogen and oxygen atoms in total. The van der Waals surface area contributed by atoms with E-state index < -0.39 is 0 Å². The summed E-state index contributed by atoms with van der Waals surface area (Å²) in [6, 6.07) is 0. The van der Waals surface area contributed by atoms with Crippen molar-refractivity contribution in [3.8, 4) is 0 Å². The van der Waals surface area contributed by atoms with Gasteiger partial charge in [-0.05, 0) is 13.0 Å². The molecule has 2 rings (SSSR count). The number of nitrogens with zero attached hydrogens (tertiary/aromatic N) is 5. The molecule has 0 aliphatic rings. The van der Waals surface area contributed by atoms with Crippen LogP contribution in [0.5, 0.6) is 0 Å². The molecule has 2 heterocycles. The van der Waals surface area contributed by atoms with Crippen LogP contribution in [0.15, 0.2) is 18.6 Å². The highest BCUT2D eigenvalue weighted by Gasteiger charge is 2.02. The smallest absolute Gasteiger partial charge is 0.104 e. The van der Waals surface area contributed by atoms with Crippen molar-refractivity contribution in [1.82, 2.24) is 30.1 Å². The number of hydrogen-bond acceptors (Lipinski definition) is 4. The quantitative estimate of drug-likeness (QED) is 0.742. The van der Waals surface area contributed by atoms with E-state index in [1.165, 1.54) is 5.56 Å². The topological polar surface area (TPSA) is 60.6 Å². The van der Waals surface area contributed by atoms with Gasteiger partial charge < -0.3 is 5.32 Å². The zero-order valence-electron chi connectivity index (χ0n) is 10.3. The number of aromatic nitrogens is 5. The first kappa shape index (κ1) is 11.8. The summed E-state index contributed by atoms with van der Waals surface area (Å²) in [5, 5.41) is 15.6. The van der Waals surface area contributed by atoms with Gasteiger partial charge in [0.2, 0.25) is 0 Å². The van der Waals surface area contributed by atoms with E-state index in [2.05, 4.69) is 27.7 Å². The van der Waals surface area contributed by atoms with Crippen LogP contribution in [-0.2, 0) is 20.1 Å². The minimum Gasteiger partial charge on any atom is -0.313 e. The molecule has 0 unspecified atom stereocenters. The van der Waals surface area contributed by atoms with Gasteiger partial charge in [-0.2, -0.15) is 5.10 Å². The van der Waals surface area contributed by atoms with Crippen molar-refractivity contribution in [2.45, 2.75) is 26.4 Å². The SMILES string of the molecule is CCCNCc1cnn(Cc2cn(C)nn2)c1. The molecule has 0 radical (unpaired) electrons. The molecule has 0 fully saturated rings. The first-order chi connectivity index (χ1) is 8.28. The molecule has 2 aromatic rings. The van der Waals surface area contributed by atoms with Crippen LogP contribution in [0.1, 0.15) is 24.6 Å². The van der Waals surface area contributed by atoms with Crippen molar-refractivity contribution in [3.63, 3.8) is 0 Å². The van der Waals surface area contributed by atoms with Crippen molar-refractivity contribution < 1.29 is 0 Å². The fourth-order valence-corrected chi connectivity index (χ4v) is 1.63. The van der Waals surface area contributed by atoms with E-state index in [1.54, 1.807) is 4.68 Å². The standard InChI is InChI=1S/C11H18N6/c1-3-4-12-5-10-6-13-17(7-10)9-11-8-16(2)15-14-11/h6-8,12H,3-5,9H2,1-2H3. The number of rotatable bonds is 6. The molecule has 1 N–H and O–H groups in total. The summed E-state index contributed by atoms with van der Waals surface area (Å²) in [7, 11) is 1.86. The van der Waals surface area contributed by atoms with Crippen LogP contribution in [0, 0.1) is 0 Å². The first-order valence-electron chi connectivity index (χ1n) is 5.85. The van der Waals surface area contributed by atoms with E-state index >= 15 is 0 Å². The highest BCUT2D eigenvalue weighted by atomic mass is 15.4. The van der Waals surface area contributed by atoms with Crippen LogP contribution in [0.25, 0.3) is 0 Å². The van der Waals surface area contributed by atoms with E-state index in [9.17, 15) is 0 Å². The Hall–Kier alpha value is -1.69. The number of nitrogens with one attached hydrogen (secondary N) is 1. The third-order valence-corrected chi connectivity index (χ3v) is 2.42. The van der Waals surface area contributed by atoms with Gasteiger partial charge in [-0.25, -0.2) is 0 Å². The van der Waals surface area contributed by atoms with Crippen LogP contribution in [0.4, 0.5) is 0 Å². The molecule has 2 aromatic heterocycles. The lowest BCUT2D eigenvalue weighted by molar-refractivity contribution is 0.660. The van der Waals surface area contributed by atoms with Crippen LogP contribution < -0.4 is 5.32 Å². The molecule has 0 saturated heterocycles. The maximum Gasteiger partial charge on any atom is 0.104 e. The Morgan fingerprint density at radius 2 is 2.24 bits per heavy atom. The largest absolute Gasteiger partial charge is 0.313 e. The zero-order valence-corrected chi connectivity index (χ0v) is 10.3. The molecule has 0 amide bonds. The summed E-state index contributed by atoms with van der Waals surface area (Å²) < 4.78 is 3.58. The Kier molecular flexibility index (Phi) is 3.87. The third-order valence-electron chi connectivity index (χ3n) is 2.42. The number of hydrogen-bond donors (Lipinski definition) is 1. The summed E-state index contributed by atoms with van der Waals surface area (Å²) in [4.78, 5) is 0. The van der Waals surface area contributed by atoms with Gasteiger partial charge in [0.1, 0.15) is 5.69 Å². The summed E-state index contributed by atoms with van der Waals surface area (Å²) in [5.74, 6) is 0. The fourth-order valence-electron chi connectivity index (χ4n) is 1.63. The lowest BCUT2D eigenvalue weighted by Gasteiger charge is -1.99. The molecule has 0 aliphatic heterocycles. The monoisotopic (exact) mass is 234 g/mol. The maximum atomic E-state index is 4.30. The first-order valence-corrected chi connectivity index (χ1v) is 5.85. The van der Waals surface area contributed by atoms with Crippen molar-refractivity contribution in [1.29, 1.82) is 0 Å². The average molecular weight is 234 g/mol. The third kappa shape index (κ3) is 3.39. The molecule has 92 valence electrons. The van der Waals surface area contributed by atoms with Gasteiger partial charge in [-0.3, -0.25) is 9.36 Å². The number of aryl methyl sites for hydroxylation is 1. The zero-order chi connectivity index (χ0) is 12.1. The van der Waals surface area contributed by atoms with Crippen LogP contribution in [0.2, 0.25) is 0 Å². The minimum absolute atomic E-state index is 0.668. The molecule has 6 heteroatoms. The molecule has 0 bridgehead atoms. The van der Waals surface area contributed by atoms with Gasteiger partial charge in [0.15, 0.2) is 0 Å². The van der Waals surface area contributed by atoms with E-state index in [1.807, 2.05) is 30.3 Å². The van der Waals surface area contributed by atoms with E-state index in [0.717, 1.165) is 25.2 Å². The Bertz CT molecular complexity index is 458. The Balaban J connectivity index is 1.89. The van der Waals surface area contributed by atoms with Gasteiger partial charge >= 0.3 is 0 Å². The van der Waals surface area contributed by atoms with Crippen molar-refractivity contribution in [2.24, 2.45) is 7.05 Å². The summed E-state index contributed by atoms with van der Waals surface area (Å²) >= 11 is 0. The fraction of sp³-hybridized carbons (Fsp3) is 0.545. The second-order valence-corrected chi connectivity index (χ2v) is 4.11. The molecule has 0 aliphatic carbocycles. The van der Waals surface area contributed by atoms with Crippen LogP contribution in [-0.4, -0.2) is 31.3 Å². The molecule has 0 atom stereocenters. The average Bonchev–Trinajstić information content (AvgIpc) is 2.90. The summed E-state index contributed by atoms with van der Waals surface area (Å²) in [6.07, 6.45) is 6.97. The van der Waals surface area contributed by atoms with Gasteiger partial charge in [-0.1, -0.05) is 12.1 Å². The predicted molar refractivity (Wildman–Crippen MR) is 64.3 cm³/mol. The second-order valence-electron chi connectivity index (χ2n) is 4.11. The highest BCUT2D eigenvalue weighted by Crippen LogP contribution is 2.00. The van der Waals surface area contributed by atoms with Crippen molar-refractivity contribution in [2.75, 3.05) is 6.54 Å². The van der Waals surface area contributed by atoms with Gasteiger partial charge in [0.25, 0.3) is 0 Å². The second kappa shape index (κ2) is 5.58. The minimum atomic E-state index is 0.668. The molecule has 17 heavy (non-hydrogen) atoms. The van der Waals surface area contributed by atoms with Gasteiger partial charge in [-0.15, -0.1) is 5.10 Å². The van der Waals surface area contributed by atoms with Crippen LogP contribution in [0.3, 0.4) is 0 Å². The lowest BCUT2D eigenvalue weighted by Crippen LogP contribution is -2.13. The summed E-state index contributed by atoms with van der Waals surface area (Å²) in [6.45, 7) is 4.73. The van der Waals surface area contributed by atoms with E-state index in [-0.39, 0.29) is 0 Å². The Labute approximate surface area is 101 Å². The van der Waals surface area contributed by atoms with Gasteiger partial charge in [0.05, 0.1) is 12.7 Å². The van der Waals surface area contributed by atoms with Crippen LogP contribution >= 0.6 is 0 Å². The molecule has 0 saturated carbocycles. The molecule has 0 aromatic carbocycles. The molecule has 0 spiro atoms. The van der Waals surface area contributed by atoms with E-state index in [4.69, 9.17) is 0 Å². The Morgan fingerprint density at radius 3 is 2.94 bits per heavy atom. The molecular weight excluding hydrogens is 216 g/mol. The molecular formula is C11H18N6. The van der Waals surface area contributed by atoms with E-state index in [0.29, 0.717) is 6.54 Å². The summed E-state index contributed by atoms with van der Waals surface area (Å²) in [5.41, 5.74) is 2.12. The Morgan fingerprint density at radius 1 is 1.35 bits per heavy atom. The normalized spacial score (nSPS) is 10.9. The van der Waals surface area contributed by atoms with Gasteiger partial charge in [0, 0.05) is 31.5 Å². The maximum absolute atomic E-state index is 4.30.